The van der Waals surface area contributed by atoms with Gasteiger partial charge >= 0.3 is 0 Å². The Morgan fingerprint density at radius 2 is 1.94 bits per heavy atom. The number of aromatic nitrogens is 2. The molecule has 2 aromatic carbocycles. The van der Waals surface area contributed by atoms with Crippen molar-refractivity contribution in [2.24, 2.45) is 7.05 Å². The molecule has 170 valence electrons. The summed E-state index contributed by atoms with van der Waals surface area (Å²) >= 11 is 0. The molecule has 0 saturated carbocycles. The Morgan fingerprint density at radius 3 is 2.56 bits per heavy atom. The van der Waals surface area contributed by atoms with Gasteiger partial charge < -0.3 is 14.6 Å². The number of halogens is 1. The van der Waals surface area contributed by atoms with Gasteiger partial charge in [-0.2, -0.15) is 4.72 Å². The average Bonchev–Trinajstić information content (AvgIpc) is 3.20. The number of nitrogens with zero attached hydrogens (tertiary/aromatic N) is 2. The highest BCUT2D eigenvalue weighted by molar-refractivity contribution is 7.89. The van der Waals surface area contributed by atoms with E-state index in [-0.39, 0.29) is 4.90 Å². The van der Waals surface area contributed by atoms with E-state index in [2.05, 4.69) is 15.0 Å². The number of imidazole rings is 1. The van der Waals surface area contributed by atoms with E-state index in [4.69, 9.17) is 4.74 Å². The third-order valence-corrected chi connectivity index (χ3v) is 6.72. The minimum absolute atomic E-state index is 0.0315. The number of sulfonamides is 1. The molecule has 0 radical (unpaired) electrons. The Hall–Kier alpha value is -3.24. The lowest BCUT2D eigenvalue weighted by Gasteiger charge is -2.33. The van der Waals surface area contributed by atoms with Crippen LogP contribution >= 0.6 is 0 Å². The molecule has 0 fully saturated rings. The smallest absolute Gasteiger partial charge is 0.241 e. The Balaban J connectivity index is 1.88. The van der Waals surface area contributed by atoms with E-state index in [0.29, 0.717) is 17.0 Å². The minimum Gasteiger partial charge on any atom is -0.497 e. The maximum atomic E-state index is 14.0. The van der Waals surface area contributed by atoms with Crippen molar-refractivity contribution in [2.45, 2.75) is 30.3 Å². The highest BCUT2D eigenvalue weighted by atomic mass is 32.2. The highest BCUT2D eigenvalue weighted by Crippen LogP contribution is 2.29. The van der Waals surface area contributed by atoms with Gasteiger partial charge in [0.1, 0.15) is 17.1 Å². The molecule has 0 saturated heterocycles. The molecule has 3 aromatic rings. The summed E-state index contributed by atoms with van der Waals surface area (Å²) < 4.78 is 48.7. The summed E-state index contributed by atoms with van der Waals surface area (Å²) in [5, 5.41) is 2.86. The van der Waals surface area contributed by atoms with Crippen LogP contribution in [0, 0.1) is 5.82 Å². The minimum atomic E-state index is -3.99. The molecule has 0 bridgehead atoms. The first-order valence-corrected chi connectivity index (χ1v) is 11.3. The molecule has 2 atom stereocenters. The van der Waals surface area contributed by atoms with Crippen LogP contribution in [0.2, 0.25) is 0 Å². The Morgan fingerprint density at radius 1 is 1.22 bits per heavy atom. The maximum Gasteiger partial charge on any atom is 0.241 e. The van der Waals surface area contributed by atoms with Gasteiger partial charge in [0.15, 0.2) is 0 Å². The van der Waals surface area contributed by atoms with E-state index < -0.39 is 33.3 Å². The molecule has 1 amide bonds. The largest absolute Gasteiger partial charge is 0.497 e. The average molecular weight is 461 g/mol. The summed E-state index contributed by atoms with van der Waals surface area (Å²) in [6.07, 6.45) is 3.13. The second kappa shape index (κ2) is 9.09. The van der Waals surface area contributed by atoms with Gasteiger partial charge in [-0.1, -0.05) is 18.2 Å². The Kier molecular flexibility index (Phi) is 6.65. The molecule has 2 unspecified atom stereocenters. The van der Waals surface area contributed by atoms with Crippen molar-refractivity contribution in [1.82, 2.24) is 19.6 Å². The lowest BCUT2D eigenvalue weighted by Crippen LogP contribution is -2.52. The zero-order valence-electron chi connectivity index (χ0n) is 18.2. The monoisotopic (exact) mass is 460 g/mol. The van der Waals surface area contributed by atoms with Crippen LogP contribution < -0.4 is 14.8 Å². The summed E-state index contributed by atoms with van der Waals surface area (Å²) in [7, 11) is -0.812. The molecule has 0 spiro atoms. The van der Waals surface area contributed by atoms with Gasteiger partial charge in [-0.3, -0.25) is 4.79 Å². The number of benzene rings is 2. The summed E-state index contributed by atoms with van der Waals surface area (Å²) in [4.78, 5) is 17.1. The Labute approximate surface area is 186 Å². The first-order chi connectivity index (χ1) is 15.1. The van der Waals surface area contributed by atoms with Crippen LogP contribution in [0.3, 0.4) is 0 Å². The number of methoxy groups -OCH3 is 1. The van der Waals surface area contributed by atoms with Crippen molar-refractivity contribution >= 4 is 15.9 Å². The summed E-state index contributed by atoms with van der Waals surface area (Å²) in [5.41, 5.74) is -0.0864. The molecular formula is C22H25FN4O4S. The number of carbonyl (C=O) groups excluding carboxylic acids is 1. The summed E-state index contributed by atoms with van der Waals surface area (Å²) in [5.74, 6) is -0.679. The van der Waals surface area contributed by atoms with Crippen LogP contribution in [0.4, 0.5) is 4.39 Å². The maximum absolute atomic E-state index is 14.0. The topological polar surface area (TPSA) is 102 Å². The number of carbonyl (C=O) groups is 1. The lowest BCUT2D eigenvalue weighted by molar-refractivity contribution is -0.123. The van der Waals surface area contributed by atoms with Crippen LogP contribution in [-0.2, 0) is 27.4 Å². The van der Waals surface area contributed by atoms with Gasteiger partial charge in [0.05, 0.1) is 36.3 Å². The molecule has 3 rings (SSSR count). The molecular weight excluding hydrogens is 435 g/mol. The zero-order valence-corrected chi connectivity index (χ0v) is 19.0. The number of amides is 1. The molecule has 10 heteroatoms. The van der Waals surface area contributed by atoms with Crippen LogP contribution in [0.15, 0.2) is 66.0 Å². The van der Waals surface area contributed by atoms with Gasteiger partial charge in [-0.15, -0.1) is 0 Å². The fraction of sp³-hybridized carbons (Fsp3) is 0.273. The summed E-state index contributed by atoms with van der Waals surface area (Å²) in [6.45, 7) is 3.14. The standard InChI is InChI=1S/C22H25FN4O4S/c1-15(26-32(29,30)19-10-6-9-18(12-19)31-4)21(28)25-22(2,20-13-24-14-27(20)3)16-7-5-8-17(23)11-16/h5-15,26H,1-4H3,(H,25,28). The number of rotatable bonds is 8. The summed E-state index contributed by atoms with van der Waals surface area (Å²) in [6, 6.07) is 10.7. The molecule has 32 heavy (non-hydrogen) atoms. The predicted octanol–water partition coefficient (Wildman–Crippen LogP) is 2.31. The molecule has 1 heterocycles. The van der Waals surface area contributed by atoms with E-state index in [1.54, 1.807) is 55.3 Å². The highest BCUT2D eigenvalue weighted by Gasteiger charge is 2.35. The van der Waals surface area contributed by atoms with E-state index in [1.807, 2.05) is 0 Å². The fourth-order valence-corrected chi connectivity index (χ4v) is 4.64. The number of hydrogen-bond donors (Lipinski definition) is 2. The van der Waals surface area contributed by atoms with Crippen LogP contribution in [-0.4, -0.2) is 37.0 Å². The first kappa shape index (κ1) is 23.4. The van der Waals surface area contributed by atoms with E-state index >= 15 is 0 Å². The zero-order chi connectivity index (χ0) is 23.5. The van der Waals surface area contributed by atoms with Gasteiger partial charge in [0, 0.05) is 13.1 Å². The van der Waals surface area contributed by atoms with Crippen molar-refractivity contribution in [2.75, 3.05) is 7.11 Å². The molecule has 8 nitrogen and oxygen atoms in total. The van der Waals surface area contributed by atoms with Crippen molar-refractivity contribution < 1.29 is 22.3 Å². The van der Waals surface area contributed by atoms with Crippen molar-refractivity contribution in [3.8, 4) is 5.75 Å². The van der Waals surface area contributed by atoms with Crippen LogP contribution in [0.1, 0.15) is 25.1 Å². The van der Waals surface area contributed by atoms with E-state index in [0.717, 1.165) is 0 Å². The second-order valence-corrected chi connectivity index (χ2v) is 9.25. The van der Waals surface area contributed by atoms with Crippen molar-refractivity contribution in [1.29, 1.82) is 0 Å². The van der Waals surface area contributed by atoms with Crippen molar-refractivity contribution in [3.05, 3.63) is 78.1 Å². The van der Waals surface area contributed by atoms with E-state index in [9.17, 15) is 17.6 Å². The van der Waals surface area contributed by atoms with E-state index in [1.165, 1.54) is 38.3 Å². The third-order valence-electron chi connectivity index (χ3n) is 5.18. The molecule has 0 aliphatic carbocycles. The number of nitrogens with one attached hydrogen (secondary N) is 2. The predicted molar refractivity (Wildman–Crippen MR) is 117 cm³/mol. The molecule has 2 N–H and O–H groups in total. The van der Waals surface area contributed by atoms with Crippen LogP contribution in [0.5, 0.6) is 5.75 Å². The van der Waals surface area contributed by atoms with Gasteiger partial charge in [-0.25, -0.2) is 17.8 Å². The quantitative estimate of drug-likeness (QED) is 0.537. The molecule has 0 aliphatic rings. The first-order valence-electron chi connectivity index (χ1n) is 9.78. The molecule has 0 aliphatic heterocycles. The number of hydrogen-bond acceptors (Lipinski definition) is 5. The second-order valence-electron chi connectivity index (χ2n) is 7.54. The van der Waals surface area contributed by atoms with Gasteiger partial charge in [0.25, 0.3) is 0 Å². The number of aryl methyl sites for hydroxylation is 1. The molecule has 1 aromatic heterocycles. The van der Waals surface area contributed by atoms with Gasteiger partial charge in [0.2, 0.25) is 15.9 Å². The SMILES string of the molecule is COc1cccc(S(=O)(=O)NC(C)C(=O)NC(C)(c2cccc(F)c2)c2cncn2C)c1. The van der Waals surface area contributed by atoms with Crippen LogP contribution in [0.25, 0.3) is 0 Å². The van der Waals surface area contributed by atoms with Crippen molar-refractivity contribution in [3.63, 3.8) is 0 Å². The third kappa shape index (κ3) is 4.81. The fourth-order valence-electron chi connectivity index (χ4n) is 3.40. The Bertz CT molecular complexity index is 1230. The normalized spacial score (nSPS) is 14.4. The lowest BCUT2D eigenvalue weighted by atomic mass is 9.88. The van der Waals surface area contributed by atoms with Gasteiger partial charge in [-0.05, 0) is 43.7 Å². The number of ether oxygens (including phenoxy) is 1.